The third-order valence-electron chi connectivity index (χ3n) is 2.35. The molecule has 1 atom stereocenters. The number of hydrogen-bond acceptors (Lipinski definition) is 5. The number of fused-ring (bicyclic) bond motifs is 1. The molecule has 1 aromatic carbocycles. The summed E-state index contributed by atoms with van der Waals surface area (Å²) in [7, 11) is -2.65. The van der Waals surface area contributed by atoms with Gasteiger partial charge in [-0.05, 0) is 11.6 Å². The minimum Gasteiger partial charge on any atom is -0.467 e. The topological polar surface area (TPSA) is 69.7 Å². The highest BCUT2D eigenvalue weighted by Crippen LogP contribution is 2.27. The van der Waals surface area contributed by atoms with Gasteiger partial charge in [0.05, 0.1) is 12.0 Å². The molecule has 0 N–H and O–H groups in total. The van der Waals surface area contributed by atoms with Gasteiger partial charge in [0.2, 0.25) is 0 Å². The highest BCUT2D eigenvalue weighted by Gasteiger charge is 2.35. The zero-order valence-electron chi connectivity index (χ0n) is 8.54. The summed E-state index contributed by atoms with van der Waals surface area (Å²) in [5, 5.41) is 0. The van der Waals surface area contributed by atoms with Gasteiger partial charge in [0.25, 0.3) is 10.1 Å². The molecule has 0 radical (unpaired) electrons. The van der Waals surface area contributed by atoms with E-state index < -0.39 is 22.2 Å². The lowest BCUT2D eigenvalue weighted by Crippen LogP contribution is -2.34. The lowest BCUT2D eigenvalue weighted by Gasteiger charge is -2.22. The second-order valence-corrected chi connectivity index (χ2v) is 4.91. The van der Waals surface area contributed by atoms with E-state index in [1.165, 1.54) is 13.2 Å². The Hall–Kier alpha value is -1.40. The fourth-order valence-corrected chi connectivity index (χ4v) is 2.88. The molecule has 6 heteroatoms. The SMILES string of the molecule is COC(=O)C1Cc2ccccc2S(=O)(=O)O1. The summed E-state index contributed by atoms with van der Waals surface area (Å²) in [4.78, 5) is 11.4. The number of benzene rings is 1. The first kappa shape index (κ1) is 11.1. The van der Waals surface area contributed by atoms with Crippen molar-refractivity contribution in [2.24, 2.45) is 0 Å². The van der Waals surface area contributed by atoms with E-state index in [0.717, 1.165) is 0 Å². The molecule has 1 aromatic rings. The third-order valence-corrected chi connectivity index (χ3v) is 3.78. The first-order chi connectivity index (χ1) is 7.54. The van der Waals surface area contributed by atoms with Gasteiger partial charge in [-0.1, -0.05) is 18.2 Å². The molecule has 0 amide bonds. The molecular formula is C10H10O5S. The second kappa shape index (κ2) is 3.88. The maximum Gasteiger partial charge on any atom is 0.336 e. The summed E-state index contributed by atoms with van der Waals surface area (Å²) >= 11 is 0. The number of rotatable bonds is 1. The predicted molar refractivity (Wildman–Crippen MR) is 54.2 cm³/mol. The fraction of sp³-hybridized carbons (Fsp3) is 0.300. The minimum absolute atomic E-state index is 0.121. The van der Waals surface area contributed by atoms with Crippen molar-refractivity contribution in [2.45, 2.75) is 17.4 Å². The molecule has 0 aliphatic carbocycles. The van der Waals surface area contributed by atoms with Crippen molar-refractivity contribution in [1.29, 1.82) is 0 Å². The Morgan fingerprint density at radius 2 is 2.12 bits per heavy atom. The highest BCUT2D eigenvalue weighted by atomic mass is 32.2. The van der Waals surface area contributed by atoms with Crippen LogP contribution in [0.1, 0.15) is 5.56 Å². The molecule has 1 heterocycles. The number of methoxy groups -OCH3 is 1. The fourth-order valence-electron chi connectivity index (χ4n) is 1.61. The Labute approximate surface area is 93.1 Å². The Balaban J connectivity index is 2.45. The number of esters is 1. The lowest BCUT2D eigenvalue weighted by atomic mass is 10.1. The Morgan fingerprint density at radius 1 is 1.44 bits per heavy atom. The number of carbonyl (C=O) groups excluding carboxylic acids is 1. The van der Waals surface area contributed by atoms with Crippen LogP contribution in [0.25, 0.3) is 0 Å². The summed E-state index contributed by atoms with van der Waals surface area (Å²) in [6.45, 7) is 0. The van der Waals surface area contributed by atoms with Crippen LogP contribution < -0.4 is 0 Å². The molecule has 1 unspecified atom stereocenters. The van der Waals surface area contributed by atoms with Crippen LogP contribution >= 0.6 is 0 Å². The first-order valence-corrected chi connectivity index (χ1v) is 6.04. The molecule has 0 fully saturated rings. The maximum atomic E-state index is 11.7. The van der Waals surface area contributed by atoms with E-state index in [1.54, 1.807) is 18.2 Å². The Morgan fingerprint density at radius 3 is 2.81 bits per heavy atom. The van der Waals surface area contributed by atoms with Gasteiger partial charge < -0.3 is 4.74 Å². The standard InChI is InChI=1S/C10H10O5S/c1-14-10(11)8-6-7-4-2-3-5-9(7)16(12,13)15-8/h2-5,8H,6H2,1H3. The number of carbonyl (C=O) groups is 1. The van der Waals surface area contributed by atoms with Crippen LogP contribution in [0.5, 0.6) is 0 Å². The van der Waals surface area contributed by atoms with Crippen LogP contribution in [0.2, 0.25) is 0 Å². The molecule has 86 valence electrons. The molecule has 16 heavy (non-hydrogen) atoms. The predicted octanol–water partition coefficient (Wildman–Crippen LogP) is 0.490. The van der Waals surface area contributed by atoms with E-state index in [1.807, 2.05) is 0 Å². The van der Waals surface area contributed by atoms with E-state index >= 15 is 0 Å². The monoisotopic (exact) mass is 242 g/mol. The summed E-state index contributed by atoms with van der Waals surface area (Å²) in [6.07, 6.45) is -0.868. The highest BCUT2D eigenvalue weighted by molar-refractivity contribution is 7.86. The minimum atomic E-state index is -3.85. The smallest absolute Gasteiger partial charge is 0.336 e. The summed E-state index contributed by atoms with van der Waals surface area (Å²) in [5.41, 5.74) is 0.573. The van der Waals surface area contributed by atoms with Crippen molar-refractivity contribution >= 4 is 16.1 Å². The molecule has 0 bridgehead atoms. The van der Waals surface area contributed by atoms with Gasteiger partial charge in [-0.3, -0.25) is 4.18 Å². The second-order valence-electron chi connectivity index (χ2n) is 3.37. The van der Waals surface area contributed by atoms with Crippen LogP contribution in [0.4, 0.5) is 0 Å². The van der Waals surface area contributed by atoms with Crippen molar-refractivity contribution in [1.82, 2.24) is 0 Å². The van der Waals surface area contributed by atoms with E-state index in [4.69, 9.17) is 4.18 Å². The molecule has 5 nitrogen and oxygen atoms in total. The molecule has 0 saturated carbocycles. The van der Waals surface area contributed by atoms with E-state index in [9.17, 15) is 13.2 Å². The Kier molecular flexibility index (Phi) is 2.69. The number of ether oxygens (including phenoxy) is 1. The van der Waals surface area contributed by atoms with E-state index in [-0.39, 0.29) is 11.3 Å². The molecule has 1 aliphatic heterocycles. The summed E-state index contributed by atoms with van der Waals surface area (Å²) in [6, 6.07) is 6.44. The molecule has 0 saturated heterocycles. The summed E-state index contributed by atoms with van der Waals surface area (Å²) in [5.74, 6) is -0.682. The van der Waals surface area contributed by atoms with Crippen LogP contribution in [-0.2, 0) is 30.3 Å². The molecule has 1 aliphatic rings. The van der Waals surface area contributed by atoms with Crippen LogP contribution in [0.15, 0.2) is 29.2 Å². The molecular weight excluding hydrogens is 232 g/mol. The molecule has 0 aromatic heterocycles. The van der Waals surface area contributed by atoms with Crippen molar-refractivity contribution in [3.8, 4) is 0 Å². The van der Waals surface area contributed by atoms with Crippen molar-refractivity contribution < 1.29 is 22.1 Å². The van der Waals surface area contributed by atoms with Gasteiger partial charge in [-0.15, -0.1) is 0 Å². The van der Waals surface area contributed by atoms with E-state index in [2.05, 4.69) is 4.74 Å². The van der Waals surface area contributed by atoms with Crippen LogP contribution in [0.3, 0.4) is 0 Å². The average Bonchev–Trinajstić information content (AvgIpc) is 2.27. The van der Waals surface area contributed by atoms with Crippen LogP contribution in [-0.4, -0.2) is 27.6 Å². The van der Waals surface area contributed by atoms with Crippen molar-refractivity contribution in [3.05, 3.63) is 29.8 Å². The van der Waals surface area contributed by atoms with Gasteiger partial charge in [0.15, 0.2) is 6.10 Å². The molecule has 0 spiro atoms. The largest absolute Gasteiger partial charge is 0.467 e. The summed E-state index contributed by atoms with van der Waals surface area (Å²) < 4.78 is 32.6. The quantitative estimate of drug-likeness (QED) is 0.529. The third kappa shape index (κ3) is 1.81. The normalized spacial score (nSPS) is 22.2. The maximum absolute atomic E-state index is 11.7. The first-order valence-electron chi connectivity index (χ1n) is 4.63. The van der Waals surface area contributed by atoms with Gasteiger partial charge in [-0.2, -0.15) is 8.42 Å². The van der Waals surface area contributed by atoms with Crippen LogP contribution in [0, 0.1) is 0 Å². The van der Waals surface area contributed by atoms with E-state index in [0.29, 0.717) is 5.56 Å². The average molecular weight is 242 g/mol. The Bertz CT molecular complexity index is 520. The van der Waals surface area contributed by atoms with Gasteiger partial charge >= 0.3 is 5.97 Å². The van der Waals surface area contributed by atoms with Gasteiger partial charge in [0, 0.05) is 6.42 Å². The zero-order valence-corrected chi connectivity index (χ0v) is 9.36. The number of hydrogen-bond donors (Lipinski definition) is 0. The van der Waals surface area contributed by atoms with Gasteiger partial charge in [-0.25, -0.2) is 4.79 Å². The zero-order chi connectivity index (χ0) is 11.8. The van der Waals surface area contributed by atoms with Crippen molar-refractivity contribution in [2.75, 3.05) is 7.11 Å². The van der Waals surface area contributed by atoms with Crippen molar-refractivity contribution in [3.63, 3.8) is 0 Å². The molecule has 2 rings (SSSR count). The van der Waals surface area contributed by atoms with Gasteiger partial charge in [0.1, 0.15) is 0 Å². The lowest BCUT2D eigenvalue weighted by molar-refractivity contribution is -0.148.